The molecule has 14 heteroatoms. The number of aliphatic imine (C=N–C) groups is 1. The number of carbonyl (C=O) groups excluding carboxylic acids is 4. The molecule has 1 aromatic carbocycles. The fourth-order valence-electron chi connectivity index (χ4n) is 4.32. The Morgan fingerprint density at radius 1 is 1.00 bits per heavy atom. The average Bonchev–Trinajstić information content (AvgIpc) is 3.38. The van der Waals surface area contributed by atoms with Gasteiger partial charge in [0.1, 0.15) is 18.1 Å². The number of carboxylic acids is 1. The lowest BCUT2D eigenvalue weighted by atomic mass is 10.0. The first-order valence-electron chi connectivity index (χ1n) is 12.8. The number of likely N-dealkylation sites (tertiary alicyclic amines) is 1. The molecule has 1 aliphatic rings. The van der Waals surface area contributed by atoms with Crippen LogP contribution in [0.1, 0.15) is 44.1 Å². The zero-order valence-electron chi connectivity index (χ0n) is 21.8. The number of benzene rings is 1. The lowest BCUT2D eigenvalue weighted by molar-refractivity contribution is -0.149. The molecule has 4 atom stereocenters. The minimum atomic E-state index is -1.22. The summed E-state index contributed by atoms with van der Waals surface area (Å²) in [6.07, 6.45) is 1.08. The van der Waals surface area contributed by atoms with E-state index in [0.29, 0.717) is 12.8 Å². The highest BCUT2D eigenvalue weighted by Crippen LogP contribution is 2.20. The maximum atomic E-state index is 13.3. The summed E-state index contributed by atoms with van der Waals surface area (Å²) in [5.41, 5.74) is 22.9. The first-order valence-corrected chi connectivity index (χ1v) is 12.8. The normalized spacial score (nSPS) is 16.9. The molecular formula is C25H38N8O6. The average molecular weight is 547 g/mol. The molecule has 0 spiro atoms. The van der Waals surface area contributed by atoms with Crippen molar-refractivity contribution in [3.63, 3.8) is 0 Å². The summed E-state index contributed by atoms with van der Waals surface area (Å²) in [5, 5.41) is 14.7. The van der Waals surface area contributed by atoms with Gasteiger partial charge in [-0.1, -0.05) is 30.3 Å². The van der Waals surface area contributed by atoms with Crippen molar-refractivity contribution in [2.75, 3.05) is 13.1 Å². The Labute approximate surface area is 226 Å². The summed E-state index contributed by atoms with van der Waals surface area (Å²) in [6.45, 7) is 0.391. The van der Waals surface area contributed by atoms with E-state index in [1.807, 2.05) is 30.3 Å². The van der Waals surface area contributed by atoms with Crippen LogP contribution in [0, 0.1) is 0 Å². The van der Waals surface area contributed by atoms with Gasteiger partial charge in [-0.2, -0.15) is 0 Å². The van der Waals surface area contributed by atoms with E-state index < -0.39 is 53.8 Å². The molecule has 39 heavy (non-hydrogen) atoms. The van der Waals surface area contributed by atoms with Crippen LogP contribution in [0.2, 0.25) is 0 Å². The van der Waals surface area contributed by atoms with Crippen LogP contribution in [-0.2, 0) is 30.4 Å². The van der Waals surface area contributed by atoms with Gasteiger partial charge in [0.05, 0.1) is 6.04 Å². The molecule has 1 saturated heterocycles. The number of amides is 4. The van der Waals surface area contributed by atoms with Crippen molar-refractivity contribution >= 4 is 35.6 Å². The quantitative estimate of drug-likeness (QED) is 0.0723. The SMILES string of the molecule is NC(=O)CCC(NC(=O)C(CCCN=C(N)N)NC(=O)C(N)Cc1ccccc1)C(=O)N1CCCC1C(=O)O. The monoisotopic (exact) mass is 546 g/mol. The summed E-state index contributed by atoms with van der Waals surface area (Å²) in [6, 6.07) is 4.81. The Hall–Kier alpha value is -4.20. The molecule has 1 aliphatic heterocycles. The highest BCUT2D eigenvalue weighted by atomic mass is 16.4. The molecule has 214 valence electrons. The number of primary amides is 1. The Kier molecular flexibility index (Phi) is 12.1. The summed E-state index contributed by atoms with van der Waals surface area (Å²) in [5.74, 6) is -3.88. The minimum absolute atomic E-state index is 0.116. The van der Waals surface area contributed by atoms with E-state index in [9.17, 15) is 29.1 Å². The lowest BCUT2D eigenvalue weighted by Gasteiger charge is -2.29. The predicted octanol–water partition coefficient (Wildman–Crippen LogP) is -2.08. The van der Waals surface area contributed by atoms with E-state index in [0.717, 1.165) is 5.56 Å². The second-order valence-electron chi connectivity index (χ2n) is 9.40. The molecule has 1 fully saturated rings. The Balaban J connectivity index is 2.17. The van der Waals surface area contributed by atoms with Crippen molar-refractivity contribution in [3.8, 4) is 0 Å². The highest BCUT2D eigenvalue weighted by Gasteiger charge is 2.38. The van der Waals surface area contributed by atoms with Gasteiger partial charge in [0.2, 0.25) is 23.6 Å². The molecule has 0 aromatic heterocycles. The van der Waals surface area contributed by atoms with Crippen LogP contribution >= 0.6 is 0 Å². The largest absolute Gasteiger partial charge is 0.480 e. The Morgan fingerprint density at radius 3 is 2.28 bits per heavy atom. The van der Waals surface area contributed by atoms with Gasteiger partial charge in [0.15, 0.2) is 5.96 Å². The van der Waals surface area contributed by atoms with Gasteiger partial charge in [-0.3, -0.25) is 24.2 Å². The van der Waals surface area contributed by atoms with Crippen LogP contribution in [0.15, 0.2) is 35.3 Å². The molecular weight excluding hydrogens is 508 g/mol. The van der Waals surface area contributed by atoms with Crippen LogP contribution in [0.3, 0.4) is 0 Å². The molecule has 4 unspecified atom stereocenters. The molecule has 14 nitrogen and oxygen atoms in total. The number of rotatable bonds is 15. The zero-order valence-corrected chi connectivity index (χ0v) is 21.8. The third-order valence-corrected chi connectivity index (χ3v) is 6.33. The molecule has 4 amide bonds. The first kappa shape index (κ1) is 31.0. The van der Waals surface area contributed by atoms with E-state index in [1.165, 1.54) is 4.90 Å². The van der Waals surface area contributed by atoms with Crippen LogP contribution in [0.4, 0.5) is 0 Å². The number of carbonyl (C=O) groups is 5. The Bertz CT molecular complexity index is 1050. The molecule has 0 bridgehead atoms. The maximum absolute atomic E-state index is 13.3. The van der Waals surface area contributed by atoms with Crippen molar-refractivity contribution < 1.29 is 29.1 Å². The van der Waals surface area contributed by atoms with E-state index >= 15 is 0 Å². The fourth-order valence-corrected chi connectivity index (χ4v) is 4.32. The molecule has 2 rings (SSSR count). The Morgan fingerprint density at radius 2 is 1.67 bits per heavy atom. The third-order valence-electron chi connectivity index (χ3n) is 6.33. The number of aliphatic carboxylic acids is 1. The van der Waals surface area contributed by atoms with Gasteiger partial charge >= 0.3 is 5.97 Å². The lowest BCUT2D eigenvalue weighted by Crippen LogP contribution is -2.57. The first-order chi connectivity index (χ1) is 18.5. The van der Waals surface area contributed by atoms with Crippen LogP contribution in [0.25, 0.3) is 0 Å². The maximum Gasteiger partial charge on any atom is 0.326 e. The van der Waals surface area contributed by atoms with Gasteiger partial charge in [0, 0.05) is 19.5 Å². The van der Waals surface area contributed by atoms with Gasteiger partial charge < -0.3 is 43.6 Å². The number of nitrogens with one attached hydrogen (secondary N) is 2. The standard InChI is InChI=1S/C25H38N8O6/c26-16(14-15-6-2-1-3-7-15)21(35)31-17(8-4-12-30-25(28)29)22(36)32-18(10-11-20(27)34)23(37)33-13-5-9-19(33)24(38)39/h1-3,6-7,16-19H,4-5,8-14,26H2,(H2,27,34)(H,31,35)(H,32,36)(H,38,39)(H4,28,29,30). The number of hydrogen-bond acceptors (Lipinski definition) is 7. The topological polar surface area (TPSA) is 249 Å². The number of carboxylic acid groups (broad SMARTS) is 1. The molecule has 11 N–H and O–H groups in total. The van der Waals surface area contributed by atoms with Crippen LogP contribution < -0.4 is 33.6 Å². The van der Waals surface area contributed by atoms with Crippen LogP contribution in [0.5, 0.6) is 0 Å². The number of guanidine groups is 1. The predicted molar refractivity (Wildman–Crippen MR) is 143 cm³/mol. The summed E-state index contributed by atoms with van der Waals surface area (Å²) in [4.78, 5) is 67.5. The van der Waals surface area contributed by atoms with Gasteiger partial charge in [-0.05, 0) is 44.1 Å². The number of nitrogens with zero attached hydrogens (tertiary/aromatic N) is 2. The van der Waals surface area contributed by atoms with E-state index in [1.54, 1.807) is 0 Å². The van der Waals surface area contributed by atoms with Gasteiger partial charge in [-0.25, -0.2) is 4.79 Å². The molecule has 1 aromatic rings. The van der Waals surface area contributed by atoms with Crippen molar-refractivity contribution in [1.82, 2.24) is 15.5 Å². The van der Waals surface area contributed by atoms with Crippen molar-refractivity contribution in [3.05, 3.63) is 35.9 Å². The second-order valence-corrected chi connectivity index (χ2v) is 9.40. The molecule has 0 aliphatic carbocycles. The van der Waals surface area contributed by atoms with E-state index in [2.05, 4.69) is 15.6 Å². The molecule has 0 saturated carbocycles. The van der Waals surface area contributed by atoms with Gasteiger partial charge in [-0.15, -0.1) is 0 Å². The summed E-state index contributed by atoms with van der Waals surface area (Å²) < 4.78 is 0. The smallest absolute Gasteiger partial charge is 0.326 e. The second kappa shape index (κ2) is 15.3. The summed E-state index contributed by atoms with van der Waals surface area (Å²) in [7, 11) is 0. The fraction of sp³-hybridized carbons (Fsp3) is 0.520. The number of nitrogens with two attached hydrogens (primary N) is 4. The van der Waals surface area contributed by atoms with Crippen molar-refractivity contribution in [2.45, 2.75) is 69.1 Å². The van der Waals surface area contributed by atoms with E-state index in [4.69, 9.17) is 22.9 Å². The van der Waals surface area contributed by atoms with Crippen LogP contribution in [-0.4, -0.2) is 82.8 Å². The molecule has 1 heterocycles. The van der Waals surface area contributed by atoms with Crippen molar-refractivity contribution in [2.24, 2.45) is 27.9 Å². The molecule has 0 radical (unpaired) electrons. The van der Waals surface area contributed by atoms with Gasteiger partial charge in [0.25, 0.3) is 0 Å². The third kappa shape index (κ3) is 10.2. The summed E-state index contributed by atoms with van der Waals surface area (Å²) >= 11 is 0. The van der Waals surface area contributed by atoms with E-state index in [-0.39, 0.29) is 51.2 Å². The van der Waals surface area contributed by atoms with Crippen molar-refractivity contribution in [1.29, 1.82) is 0 Å². The minimum Gasteiger partial charge on any atom is -0.480 e. The highest BCUT2D eigenvalue weighted by molar-refractivity contribution is 5.94. The number of hydrogen-bond donors (Lipinski definition) is 7. The zero-order chi connectivity index (χ0) is 28.9.